The van der Waals surface area contributed by atoms with Crippen molar-refractivity contribution in [2.45, 2.75) is 59.8 Å². The van der Waals surface area contributed by atoms with Gasteiger partial charge in [-0.2, -0.15) is 0 Å². The third-order valence-corrected chi connectivity index (χ3v) is 4.47. The lowest BCUT2D eigenvalue weighted by Crippen LogP contribution is -2.03. The third-order valence-electron chi connectivity index (χ3n) is 4.47. The van der Waals surface area contributed by atoms with E-state index in [9.17, 15) is 15.0 Å². The Labute approximate surface area is 162 Å². The summed E-state index contributed by atoms with van der Waals surface area (Å²) in [6.07, 6.45) is 10.9. The molecular formula is C23H32O4. The molecule has 1 aromatic rings. The monoisotopic (exact) mass is 372 g/mol. The number of methoxy groups -OCH3 is 1. The number of benzene rings is 1. The lowest BCUT2D eigenvalue weighted by Gasteiger charge is -2.11. The first-order valence-electron chi connectivity index (χ1n) is 9.33. The van der Waals surface area contributed by atoms with E-state index in [0.29, 0.717) is 12.0 Å². The predicted octanol–water partition coefficient (Wildman–Crippen LogP) is 6.06. The van der Waals surface area contributed by atoms with Crippen LogP contribution in [-0.4, -0.2) is 23.3 Å². The van der Waals surface area contributed by atoms with E-state index >= 15 is 0 Å². The highest BCUT2D eigenvalue weighted by Gasteiger charge is 2.16. The van der Waals surface area contributed by atoms with Crippen molar-refractivity contribution in [3.05, 3.63) is 58.2 Å². The van der Waals surface area contributed by atoms with Crippen molar-refractivity contribution in [3.63, 3.8) is 0 Å². The quantitative estimate of drug-likeness (QED) is 0.490. The van der Waals surface area contributed by atoms with Crippen molar-refractivity contribution in [2.24, 2.45) is 0 Å². The second-order valence-corrected chi connectivity index (χ2v) is 7.11. The van der Waals surface area contributed by atoms with E-state index in [-0.39, 0.29) is 17.1 Å². The molecule has 1 aromatic carbocycles. The lowest BCUT2D eigenvalue weighted by molar-refractivity contribution is 0.0695. The van der Waals surface area contributed by atoms with Gasteiger partial charge in [0.1, 0.15) is 0 Å². The molecule has 0 aromatic heterocycles. The topological polar surface area (TPSA) is 66.8 Å². The first-order chi connectivity index (χ1) is 12.8. The van der Waals surface area contributed by atoms with Gasteiger partial charge in [-0.15, -0.1) is 0 Å². The molecule has 0 atom stereocenters. The van der Waals surface area contributed by atoms with E-state index in [0.717, 1.165) is 25.7 Å². The van der Waals surface area contributed by atoms with Crippen LogP contribution in [0.1, 0.15) is 69.3 Å². The van der Waals surface area contributed by atoms with Gasteiger partial charge in [0, 0.05) is 5.56 Å². The molecule has 4 nitrogen and oxygen atoms in total. The number of hydrogen-bond donors (Lipinski definition) is 2. The predicted molar refractivity (Wildman–Crippen MR) is 111 cm³/mol. The van der Waals surface area contributed by atoms with Crippen LogP contribution in [0.3, 0.4) is 0 Å². The highest BCUT2D eigenvalue weighted by molar-refractivity contribution is 5.90. The molecule has 0 bridgehead atoms. The third kappa shape index (κ3) is 7.73. The minimum Gasteiger partial charge on any atom is -0.504 e. The molecule has 0 saturated heterocycles. The van der Waals surface area contributed by atoms with Gasteiger partial charge in [0.2, 0.25) is 0 Å². The average Bonchev–Trinajstić information content (AvgIpc) is 2.59. The second-order valence-electron chi connectivity index (χ2n) is 7.11. The summed E-state index contributed by atoms with van der Waals surface area (Å²) < 4.78 is 5.09. The van der Waals surface area contributed by atoms with Crippen LogP contribution in [0.4, 0.5) is 0 Å². The molecule has 0 spiro atoms. The van der Waals surface area contributed by atoms with Gasteiger partial charge in [0.05, 0.1) is 12.7 Å². The summed E-state index contributed by atoms with van der Waals surface area (Å²) in [5, 5.41) is 19.6. The van der Waals surface area contributed by atoms with Gasteiger partial charge in [0.25, 0.3) is 0 Å². The van der Waals surface area contributed by atoms with Crippen molar-refractivity contribution in [3.8, 4) is 11.5 Å². The Balaban J connectivity index is 2.72. The van der Waals surface area contributed by atoms with Crippen LogP contribution in [0, 0.1) is 0 Å². The molecule has 2 N–H and O–H groups in total. The van der Waals surface area contributed by atoms with Gasteiger partial charge in [-0.3, -0.25) is 0 Å². The second kappa shape index (κ2) is 11.3. The van der Waals surface area contributed by atoms with E-state index in [1.54, 1.807) is 0 Å². The summed E-state index contributed by atoms with van der Waals surface area (Å²) in [4.78, 5) is 11.4. The Bertz CT molecular complexity index is 735. The van der Waals surface area contributed by atoms with Gasteiger partial charge in [0.15, 0.2) is 11.5 Å². The number of phenolic OH excluding ortho intramolecular Hbond substituents is 1. The maximum absolute atomic E-state index is 11.4. The Hall–Kier alpha value is -2.49. The molecule has 0 aliphatic rings. The Morgan fingerprint density at radius 1 is 1.00 bits per heavy atom. The molecular weight excluding hydrogens is 340 g/mol. The number of aromatic carboxylic acids is 1. The molecule has 0 saturated carbocycles. The minimum absolute atomic E-state index is 0.100. The summed E-state index contributed by atoms with van der Waals surface area (Å²) in [5.74, 6) is -0.864. The maximum atomic E-state index is 11.4. The molecule has 0 aliphatic heterocycles. The van der Waals surface area contributed by atoms with E-state index in [2.05, 4.69) is 32.9 Å². The number of phenols is 1. The highest BCUT2D eigenvalue weighted by atomic mass is 16.5. The van der Waals surface area contributed by atoms with Crippen LogP contribution in [0.5, 0.6) is 11.5 Å². The fourth-order valence-corrected chi connectivity index (χ4v) is 2.80. The number of hydrogen-bond acceptors (Lipinski definition) is 3. The van der Waals surface area contributed by atoms with E-state index < -0.39 is 5.97 Å². The Morgan fingerprint density at radius 3 is 2.15 bits per heavy atom. The van der Waals surface area contributed by atoms with E-state index in [4.69, 9.17) is 4.74 Å². The molecule has 0 fully saturated rings. The molecule has 148 valence electrons. The van der Waals surface area contributed by atoms with Gasteiger partial charge >= 0.3 is 5.97 Å². The van der Waals surface area contributed by atoms with Crippen molar-refractivity contribution in [2.75, 3.05) is 7.11 Å². The summed E-state index contributed by atoms with van der Waals surface area (Å²) in [6.45, 7) is 8.42. The van der Waals surface area contributed by atoms with Crippen molar-refractivity contribution in [1.29, 1.82) is 0 Å². The Kier molecular flexibility index (Phi) is 9.41. The molecule has 0 unspecified atom stereocenters. The average molecular weight is 373 g/mol. The molecule has 1 rings (SSSR count). The fraction of sp³-hybridized carbons (Fsp3) is 0.435. The van der Waals surface area contributed by atoms with Gasteiger partial charge in [-0.25, -0.2) is 4.79 Å². The summed E-state index contributed by atoms with van der Waals surface area (Å²) in [6, 6.07) is 2.94. The summed E-state index contributed by atoms with van der Waals surface area (Å²) in [7, 11) is 1.45. The first kappa shape index (κ1) is 22.6. The zero-order valence-electron chi connectivity index (χ0n) is 17.1. The van der Waals surface area contributed by atoms with Gasteiger partial charge in [-0.1, -0.05) is 34.9 Å². The number of carboxylic acid groups (broad SMARTS) is 1. The van der Waals surface area contributed by atoms with Crippen molar-refractivity contribution < 1.29 is 19.7 Å². The Morgan fingerprint density at radius 2 is 1.59 bits per heavy atom. The molecule has 27 heavy (non-hydrogen) atoms. The number of rotatable bonds is 10. The molecule has 0 radical (unpaired) electrons. The van der Waals surface area contributed by atoms with Crippen LogP contribution in [0.25, 0.3) is 0 Å². The zero-order chi connectivity index (χ0) is 20.4. The lowest BCUT2D eigenvalue weighted by atomic mass is 10.00. The molecule has 0 amide bonds. The zero-order valence-corrected chi connectivity index (χ0v) is 17.1. The van der Waals surface area contributed by atoms with Gasteiger partial charge < -0.3 is 14.9 Å². The molecule has 0 aliphatic carbocycles. The van der Waals surface area contributed by atoms with Gasteiger partial charge in [-0.05, 0) is 71.9 Å². The number of carbonyl (C=O) groups is 1. The fourth-order valence-electron chi connectivity index (χ4n) is 2.80. The van der Waals surface area contributed by atoms with E-state index in [1.807, 2.05) is 13.0 Å². The van der Waals surface area contributed by atoms with Crippen LogP contribution >= 0.6 is 0 Å². The first-order valence-corrected chi connectivity index (χ1v) is 9.33. The number of carboxylic acids is 1. The highest BCUT2D eigenvalue weighted by Crippen LogP contribution is 2.33. The SMILES string of the molecule is COc1ccc(C(=O)O)c(CC=C(C)CCC=C(C)CCC=C(C)C)c1O. The van der Waals surface area contributed by atoms with Crippen LogP contribution in [-0.2, 0) is 6.42 Å². The number of allylic oxidation sites excluding steroid dienone is 6. The molecule has 4 heteroatoms. The number of ether oxygens (including phenoxy) is 1. The van der Waals surface area contributed by atoms with Crippen LogP contribution < -0.4 is 4.74 Å². The minimum atomic E-state index is -1.05. The van der Waals surface area contributed by atoms with Crippen molar-refractivity contribution in [1.82, 2.24) is 0 Å². The standard InChI is InChI=1S/C23H32O4/c1-16(2)8-6-9-17(3)10-7-11-18(4)12-13-19-20(23(25)26)14-15-21(27-5)22(19)24/h8,10,12,14-15,24H,6-7,9,11,13H2,1-5H3,(H,25,26). The number of aromatic hydroxyl groups is 1. The van der Waals surface area contributed by atoms with E-state index in [1.165, 1.54) is 36.0 Å². The van der Waals surface area contributed by atoms with Crippen LogP contribution in [0.15, 0.2) is 47.1 Å². The van der Waals surface area contributed by atoms with Crippen LogP contribution in [0.2, 0.25) is 0 Å². The maximum Gasteiger partial charge on any atom is 0.336 e. The normalized spacial score (nSPS) is 12.0. The smallest absolute Gasteiger partial charge is 0.336 e. The summed E-state index contributed by atoms with van der Waals surface area (Å²) in [5.41, 5.74) is 4.39. The summed E-state index contributed by atoms with van der Waals surface area (Å²) >= 11 is 0. The van der Waals surface area contributed by atoms with Crippen molar-refractivity contribution >= 4 is 5.97 Å². The largest absolute Gasteiger partial charge is 0.504 e. The molecule has 0 heterocycles.